The van der Waals surface area contributed by atoms with Gasteiger partial charge < -0.3 is 24.8 Å². The Labute approximate surface area is 167 Å². The number of nitrogens with zero attached hydrogens (tertiary/aromatic N) is 1. The Morgan fingerprint density at radius 2 is 1.82 bits per heavy atom. The van der Waals surface area contributed by atoms with Crippen molar-refractivity contribution < 1.29 is 19.0 Å². The van der Waals surface area contributed by atoms with E-state index in [1.807, 2.05) is 24.3 Å². The van der Waals surface area contributed by atoms with Crippen molar-refractivity contribution in [3.05, 3.63) is 59.4 Å². The number of halogens is 1. The zero-order chi connectivity index (χ0) is 20.4. The first-order chi connectivity index (χ1) is 13.6. The summed E-state index contributed by atoms with van der Waals surface area (Å²) in [7, 11) is 1.59. The predicted molar refractivity (Wildman–Crippen MR) is 109 cm³/mol. The van der Waals surface area contributed by atoms with Crippen molar-refractivity contribution >= 4 is 0 Å². The molecule has 0 heterocycles. The average Bonchev–Trinajstić information content (AvgIpc) is 2.72. The molecule has 0 aromatic heterocycles. The zero-order valence-corrected chi connectivity index (χ0v) is 17.0. The molecule has 0 aliphatic rings. The number of hydrogen-bond acceptors (Lipinski definition) is 5. The third-order valence-corrected chi connectivity index (χ3v) is 4.63. The largest absolute Gasteiger partial charge is 0.493 e. The lowest BCUT2D eigenvalue weighted by molar-refractivity contribution is 0.0705. The monoisotopic (exact) mass is 390 g/mol. The second-order valence-electron chi connectivity index (χ2n) is 6.63. The number of aliphatic hydroxyl groups is 1. The Morgan fingerprint density at radius 1 is 1.07 bits per heavy atom. The third-order valence-electron chi connectivity index (χ3n) is 4.63. The molecular weight excluding hydrogens is 359 g/mol. The van der Waals surface area contributed by atoms with Gasteiger partial charge in [0.2, 0.25) is 0 Å². The van der Waals surface area contributed by atoms with Crippen LogP contribution in [0, 0.1) is 5.82 Å². The Bertz CT molecular complexity index is 723. The number of hydrogen-bond donors (Lipinski definition) is 2. The molecule has 0 saturated heterocycles. The van der Waals surface area contributed by atoms with Gasteiger partial charge >= 0.3 is 0 Å². The molecule has 0 unspecified atom stereocenters. The molecule has 1 atom stereocenters. The number of nitrogens with one attached hydrogen (secondary N) is 1. The molecule has 0 amide bonds. The van der Waals surface area contributed by atoms with Crippen LogP contribution in [0.4, 0.5) is 4.39 Å². The van der Waals surface area contributed by atoms with Crippen LogP contribution in [0.2, 0.25) is 0 Å². The average molecular weight is 390 g/mol. The summed E-state index contributed by atoms with van der Waals surface area (Å²) in [5, 5.41) is 13.4. The SMILES string of the molecule is CCN(CC)C[C@@H](O)COc1ccc(CNCc2ccccc2F)cc1OC. The minimum Gasteiger partial charge on any atom is -0.493 e. The van der Waals surface area contributed by atoms with Crippen molar-refractivity contribution in [1.82, 2.24) is 10.2 Å². The summed E-state index contributed by atoms with van der Waals surface area (Å²) in [4.78, 5) is 2.15. The van der Waals surface area contributed by atoms with Crippen LogP contribution in [-0.4, -0.2) is 49.5 Å². The van der Waals surface area contributed by atoms with E-state index in [-0.39, 0.29) is 12.4 Å². The Hall–Kier alpha value is -2.15. The first-order valence-corrected chi connectivity index (χ1v) is 9.71. The Morgan fingerprint density at radius 3 is 2.50 bits per heavy atom. The molecule has 6 heteroatoms. The van der Waals surface area contributed by atoms with E-state index in [4.69, 9.17) is 9.47 Å². The number of benzene rings is 2. The normalized spacial score (nSPS) is 12.2. The molecule has 2 aromatic carbocycles. The fourth-order valence-corrected chi connectivity index (χ4v) is 2.94. The van der Waals surface area contributed by atoms with Gasteiger partial charge in [-0.2, -0.15) is 0 Å². The lowest BCUT2D eigenvalue weighted by atomic mass is 10.1. The molecule has 154 valence electrons. The summed E-state index contributed by atoms with van der Waals surface area (Å²) in [6, 6.07) is 12.4. The highest BCUT2D eigenvalue weighted by atomic mass is 19.1. The van der Waals surface area contributed by atoms with E-state index in [1.165, 1.54) is 6.07 Å². The fraction of sp³-hybridized carbons (Fsp3) is 0.455. The lowest BCUT2D eigenvalue weighted by Gasteiger charge is -2.22. The van der Waals surface area contributed by atoms with Gasteiger partial charge in [0.15, 0.2) is 11.5 Å². The molecule has 2 rings (SSSR count). The molecule has 28 heavy (non-hydrogen) atoms. The van der Waals surface area contributed by atoms with Gasteiger partial charge in [0.1, 0.15) is 18.5 Å². The van der Waals surface area contributed by atoms with Gasteiger partial charge in [0, 0.05) is 25.2 Å². The maximum Gasteiger partial charge on any atom is 0.161 e. The van der Waals surface area contributed by atoms with E-state index >= 15 is 0 Å². The number of likely N-dealkylation sites (N-methyl/N-ethyl adjacent to an activating group) is 1. The van der Waals surface area contributed by atoms with Gasteiger partial charge in [-0.15, -0.1) is 0 Å². The van der Waals surface area contributed by atoms with Crippen LogP contribution in [0.25, 0.3) is 0 Å². The van der Waals surface area contributed by atoms with Crippen LogP contribution >= 0.6 is 0 Å². The van der Waals surface area contributed by atoms with Crippen LogP contribution in [-0.2, 0) is 13.1 Å². The fourth-order valence-electron chi connectivity index (χ4n) is 2.94. The van der Waals surface area contributed by atoms with Crippen molar-refractivity contribution in [2.75, 3.05) is 33.4 Å². The molecule has 2 N–H and O–H groups in total. The standard InChI is InChI=1S/C22H31FN2O3/c1-4-25(5-2)15-19(26)16-28-21-11-10-17(12-22(21)27-3)13-24-14-18-8-6-7-9-20(18)23/h6-12,19,24,26H,4-5,13-16H2,1-3H3/t19-/m1/s1. The molecule has 5 nitrogen and oxygen atoms in total. The van der Waals surface area contributed by atoms with Crippen LogP contribution in [0.15, 0.2) is 42.5 Å². The number of methoxy groups -OCH3 is 1. The molecule has 0 spiro atoms. The van der Waals surface area contributed by atoms with Crippen LogP contribution in [0.1, 0.15) is 25.0 Å². The van der Waals surface area contributed by atoms with Crippen molar-refractivity contribution in [1.29, 1.82) is 0 Å². The number of ether oxygens (including phenoxy) is 2. The second kappa shape index (κ2) is 11.6. The Kier molecular flexibility index (Phi) is 9.20. The third kappa shape index (κ3) is 6.78. The summed E-state index contributed by atoms with van der Waals surface area (Å²) in [5.74, 6) is 0.999. The van der Waals surface area contributed by atoms with Crippen LogP contribution in [0.5, 0.6) is 11.5 Å². The van der Waals surface area contributed by atoms with Gasteiger partial charge in [0.25, 0.3) is 0 Å². The predicted octanol–water partition coefficient (Wildman–Crippen LogP) is 3.21. The van der Waals surface area contributed by atoms with E-state index in [1.54, 1.807) is 19.2 Å². The van der Waals surface area contributed by atoms with Crippen molar-refractivity contribution in [2.24, 2.45) is 0 Å². The molecule has 0 bridgehead atoms. The quantitative estimate of drug-likeness (QED) is 0.583. The Balaban J connectivity index is 1.88. The summed E-state index contributed by atoms with van der Waals surface area (Å²) >= 11 is 0. The zero-order valence-electron chi connectivity index (χ0n) is 17.0. The molecular formula is C22H31FN2O3. The second-order valence-corrected chi connectivity index (χ2v) is 6.63. The maximum atomic E-state index is 13.7. The van der Waals surface area contributed by atoms with Gasteiger partial charge in [-0.3, -0.25) is 0 Å². The van der Waals surface area contributed by atoms with Gasteiger partial charge in [-0.05, 0) is 36.9 Å². The minimum absolute atomic E-state index is 0.206. The van der Waals surface area contributed by atoms with Gasteiger partial charge in [-0.1, -0.05) is 38.1 Å². The molecule has 0 fully saturated rings. The van der Waals surface area contributed by atoms with Crippen LogP contribution in [0.3, 0.4) is 0 Å². The van der Waals surface area contributed by atoms with Crippen LogP contribution < -0.4 is 14.8 Å². The molecule has 2 aromatic rings. The number of aliphatic hydroxyl groups excluding tert-OH is 1. The van der Waals surface area contributed by atoms with Crippen molar-refractivity contribution in [3.63, 3.8) is 0 Å². The highest BCUT2D eigenvalue weighted by molar-refractivity contribution is 5.43. The highest BCUT2D eigenvalue weighted by Gasteiger charge is 2.12. The maximum absolute atomic E-state index is 13.7. The van der Waals surface area contributed by atoms with E-state index in [0.29, 0.717) is 36.7 Å². The van der Waals surface area contributed by atoms with E-state index in [2.05, 4.69) is 24.1 Å². The summed E-state index contributed by atoms with van der Waals surface area (Å²) < 4.78 is 24.8. The minimum atomic E-state index is -0.563. The lowest BCUT2D eigenvalue weighted by Crippen LogP contribution is -2.35. The topological polar surface area (TPSA) is 54.0 Å². The van der Waals surface area contributed by atoms with Crippen molar-refractivity contribution in [3.8, 4) is 11.5 Å². The number of rotatable bonds is 12. The molecule has 0 aliphatic carbocycles. The smallest absolute Gasteiger partial charge is 0.161 e. The van der Waals surface area contributed by atoms with Gasteiger partial charge in [-0.25, -0.2) is 4.39 Å². The highest BCUT2D eigenvalue weighted by Crippen LogP contribution is 2.28. The van der Waals surface area contributed by atoms with E-state index < -0.39 is 6.10 Å². The summed E-state index contributed by atoms with van der Waals surface area (Å²) in [6.45, 7) is 7.74. The molecule has 0 radical (unpaired) electrons. The first kappa shape index (κ1) is 22.1. The van der Waals surface area contributed by atoms with E-state index in [9.17, 15) is 9.50 Å². The summed E-state index contributed by atoms with van der Waals surface area (Å²) in [5.41, 5.74) is 1.64. The van der Waals surface area contributed by atoms with Crippen molar-refractivity contribution in [2.45, 2.75) is 33.0 Å². The first-order valence-electron chi connectivity index (χ1n) is 9.71. The van der Waals surface area contributed by atoms with Gasteiger partial charge in [0.05, 0.1) is 7.11 Å². The molecule has 0 saturated carbocycles. The molecule has 0 aliphatic heterocycles. The summed E-state index contributed by atoms with van der Waals surface area (Å²) in [6.07, 6.45) is -0.563. The van der Waals surface area contributed by atoms with E-state index in [0.717, 1.165) is 18.7 Å².